The fourth-order valence-corrected chi connectivity index (χ4v) is 1.74. The molecular weight excluding hydrogens is 288 g/mol. The van der Waals surface area contributed by atoms with Gasteiger partial charge in [-0.25, -0.2) is 4.98 Å². The van der Waals surface area contributed by atoms with E-state index in [0.29, 0.717) is 5.56 Å². The van der Waals surface area contributed by atoms with Crippen LogP contribution in [0, 0.1) is 17.3 Å². The minimum Gasteiger partial charge on any atom is -0.406 e. The van der Waals surface area contributed by atoms with E-state index in [1.54, 1.807) is 0 Å². The molecule has 21 heavy (non-hydrogen) atoms. The molecule has 0 atom stereocenters. The Morgan fingerprint density at radius 1 is 1.24 bits per heavy atom. The van der Waals surface area contributed by atoms with Crippen LogP contribution < -0.4 is 4.74 Å². The lowest BCUT2D eigenvalue weighted by Gasteiger charge is -2.10. The SMILES string of the molecule is N#CCc1cnc(F)c(-c2cccc(OC(F)(F)F)c2)c1. The minimum atomic E-state index is -4.82. The third-order valence-electron chi connectivity index (χ3n) is 2.56. The number of halogens is 4. The third kappa shape index (κ3) is 3.92. The van der Waals surface area contributed by atoms with Crippen LogP contribution in [0.4, 0.5) is 17.6 Å². The van der Waals surface area contributed by atoms with Gasteiger partial charge in [-0.05, 0) is 29.3 Å². The molecule has 0 aliphatic rings. The zero-order valence-corrected chi connectivity index (χ0v) is 10.5. The number of benzene rings is 1. The number of nitriles is 1. The van der Waals surface area contributed by atoms with E-state index in [9.17, 15) is 17.6 Å². The molecule has 0 amide bonds. The Morgan fingerprint density at radius 3 is 2.67 bits per heavy atom. The molecule has 108 valence electrons. The summed E-state index contributed by atoms with van der Waals surface area (Å²) in [6, 6.07) is 8.18. The number of hydrogen-bond acceptors (Lipinski definition) is 3. The van der Waals surface area contributed by atoms with Crippen molar-refractivity contribution in [1.82, 2.24) is 4.98 Å². The fourth-order valence-electron chi connectivity index (χ4n) is 1.74. The van der Waals surface area contributed by atoms with E-state index in [1.165, 1.54) is 24.4 Å². The van der Waals surface area contributed by atoms with E-state index < -0.39 is 18.1 Å². The number of pyridine rings is 1. The molecule has 0 radical (unpaired) electrons. The molecule has 1 aromatic heterocycles. The first kappa shape index (κ1) is 14.8. The van der Waals surface area contributed by atoms with Gasteiger partial charge in [-0.1, -0.05) is 12.1 Å². The normalized spacial score (nSPS) is 11.0. The van der Waals surface area contributed by atoms with E-state index in [1.807, 2.05) is 6.07 Å². The fraction of sp³-hybridized carbons (Fsp3) is 0.143. The molecule has 2 rings (SSSR count). The summed E-state index contributed by atoms with van der Waals surface area (Å²) < 4.78 is 54.0. The van der Waals surface area contributed by atoms with Crippen LogP contribution in [-0.2, 0) is 6.42 Å². The van der Waals surface area contributed by atoms with Gasteiger partial charge in [0.2, 0.25) is 5.95 Å². The van der Waals surface area contributed by atoms with Gasteiger partial charge < -0.3 is 4.74 Å². The predicted octanol–water partition coefficient (Wildman–Crippen LogP) is 3.85. The number of nitrogens with zero attached hydrogens (tertiary/aromatic N) is 2. The summed E-state index contributed by atoms with van der Waals surface area (Å²) >= 11 is 0. The largest absolute Gasteiger partial charge is 0.573 e. The second-order valence-electron chi connectivity index (χ2n) is 4.09. The van der Waals surface area contributed by atoms with Crippen molar-refractivity contribution in [2.24, 2.45) is 0 Å². The highest BCUT2D eigenvalue weighted by atomic mass is 19.4. The Labute approximate surface area is 117 Å². The molecule has 0 bridgehead atoms. The van der Waals surface area contributed by atoms with Crippen LogP contribution in [-0.4, -0.2) is 11.3 Å². The average Bonchev–Trinajstić information content (AvgIpc) is 2.39. The molecule has 7 heteroatoms. The van der Waals surface area contributed by atoms with Crippen LogP contribution in [0.25, 0.3) is 11.1 Å². The molecule has 0 saturated carbocycles. The highest BCUT2D eigenvalue weighted by molar-refractivity contribution is 5.65. The van der Waals surface area contributed by atoms with E-state index >= 15 is 0 Å². The zero-order valence-electron chi connectivity index (χ0n) is 10.5. The molecule has 1 heterocycles. The molecule has 1 aromatic carbocycles. The van der Waals surface area contributed by atoms with Crippen LogP contribution in [0.15, 0.2) is 36.5 Å². The number of hydrogen-bond donors (Lipinski definition) is 0. The smallest absolute Gasteiger partial charge is 0.406 e. The van der Waals surface area contributed by atoms with Crippen molar-refractivity contribution in [1.29, 1.82) is 5.26 Å². The van der Waals surface area contributed by atoms with Crippen molar-refractivity contribution in [3.8, 4) is 22.9 Å². The Morgan fingerprint density at radius 2 is 2.00 bits per heavy atom. The molecule has 0 aliphatic carbocycles. The first-order chi connectivity index (χ1) is 9.89. The van der Waals surface area contributed by atoms with Crippen LogP contribution in [0.3, 0.4) is 0 Å². The van der Waals surface area contributed by atoms with Crippen molar-refractivity contribution < 1.29 is 22.3 Å². The highest BCUT2D eigenvalue weighted by Gasteiger charge is 2.31. The summed E-state index contributed by atoms with van der Waals surface area (Å²) in [6.45, 7) is 0. The van der Waals surface area contributed by atoms with E-state index in [2.05, 4.69) is 9.72 Å². The number of aromatic nitrogens is 1. The summed E-state index contributed by atoms with van der Waals surface area (Å²) in [7, 11) is 0. The molecule has 0 N–H and O–H groups in total. The number of ether oxygens (including phenoxy) is 1. The summed E-state index contributed by atoms with van der Waals surface area (Å²) in [5, 5.41) is 8.61. The summed E-state index contributed by atoms with van der Waals surface area (Å²) in [4.78, 5) is 3.50. The first-order valence-corrected chi connectivity index (χ1v) is 5.76. The molecule has 0 spiro atoms. The summed E-state index contributed by atoms with van der Waals surface area (Å²) in [5.41, 5.74) is 0.660. The molecule has 0 saturated heterocycles. The van der Waals surface area contributed by atoms with Gasteiger partial charge in [-0.2, -0.15) is 9.65 Å². The standard InChI is InChI=1S/C14H8F4N2O/c15-13-12(6-9(4-5-19)8-20-13)10-2-1-3-11(7-10)21-14(16,17)18/h1-3,6-8H,4H2. The van der Waals surface area contributed by atoms with Gasteiger partial charge in [0.05, 0.1) is 12.5 Å². The summed E-state index contributed by atoms with van der Waals surface area (Å²) in [6.07, 6.45) is -3.59. The van der Waals surface area contributed by atoms with Crippen molar-refractivity contribution in [2.75, 3.05) is 0 Å². The Balaban J connectivity index is 2.40. The lowest BCUT2D eigenvalue weighted by molar-refractivity contribution is -0.274. The van der Waals surface area contributed by atoms with Gasteiger partial charge in [0.1, 0.15) is 5.75 Å². The molecular formula is C14H8F4N2O. The molecule has 0 aliphatic heterocycles. The minimum absolute atomic E-state index is 0.00961. The van der Waals surface area contributed by atoms with Gasteiger partial charge >= 0.3 is 6.36 Å². The maximum absolute atomic E-state index is 13.7. The van der Waals surface area contributed by atoms with Crippen molar-refractivity contribution in [2.45, 2.75) is 12.8 Å². The number of rotatable bonds is 3. The quantitative estimate of drug-likeness (QED) is 0.638. The van der Waals surface area contributed by atoms with E-state index in [0.717, 1.165) is 12.1 Å². The summed E-state index contributed by atoms with van der Waals surface area (Å²) in [5.74, 6) is -1.29. The predicted molar refractivity (Wildman–Crippen MR) is 65.6 cm³/mol. The average molecular weight is 296 g/mol. The van der Waals surface area contributed by atoms with Gasteiger partial charge in [-0.15, -0.1) is 13.2 Å². The van der Waals surface area contributed by atoms with Gasteiger partial charge in [0.25, 0.3) is 0 Å². The lowest BCUT2D eigenvalue weighted by atomic mass is 10.0. The molecule has 0 fully saturated rings. The van der Waals surface area contributed by atoms with Crippen molar-refractivity contribution in [3.63, 3.8) is 0 Å². The van der Waals surface area contributed by atoms with Crippen LogP contribution in [0.1, 0.15) is 5.56 Å². The van der Waals surface area contributed by atoms with Gasteiger partial charge in [0, 0.05) is 11.8 Å². The monoisotopic (exact) mass is 296 g/mol. The van der Waals surface area contributed by atoms with E-state index in [-0.39, 0.29) is 17.5 Å². The van der Waals surface area contributed by atoms with Crippen molar-refractivity contribution >= 4 is 0 Å². The Hall–Kier alpha value is -2.62. The topological polar surface area (TPSA) is 45.9 Å². The highest BCUT2D eigenvalue weighted by Crippen LogP contribution is 2.29. The van der Waals surface area contributed by atoms with Crippen LogP contribution in [0.5, 0.6) is 5.75 Å². The molecule has 3 nitrogen and oxygen atoms in total. The van der Waals surface area contributed by atoms with Crippen LogP contribution in [0.2, 0.25) is 0 Å². The third-order valence-corrected chi connectivity index (χ3v) is 2.56. The molecule has 0 unspecified atom stereocenters. The molecule has 2 aromatic rings. The Bertz CT molecular complexity index is 692. The zero-order chi connectivity index (χ0) is 15.5. The second-order valence-corrected chi connectivity index (χ2v) is 4.09. The van der Waals surface area contributed by atoms with Gasteiger partial charge in [0.15, 0.2) is 0 Å². The maximum atomic E-state index is 13.7. The van der Waals surface area contributed by atoms with Gasteiger partial charge in [-0.3, -0.25) is 0 Å². The number of alkyl halides is 3. The second kappa shape index (κ2) is 5.79. The Kier molecular flexibility index (Phi) is 4.08. The lowest BCUT2D eigenvalue weighted by Crippen LogP contribution is -2.17. The first-order valence-electron chi connectivity index (χ1n) is 5.76. The van der Waals surface area contributed by atoms with Crippen LogP contribution >= 0.6 is 0 Å². The maximum Gasteiger partial charge on any atom is 0.573 e. The van der Waals surface area contributed by atoms with Crippen molar-refractivity contribution in [3.05, 3.63) is 48.0 Å². The van der Waals surface area contributed by atoms with E-state index in [4.69, 9.17) is 5.26 Å².